The number of carbonyl (C=O) groups is 2. The first-order valence-electron chi connectivity index (χ1n) is 5.75. The van der Waals surface area contributed by atoms with Crippen LogP contribution in [-0.4, -0.2) is 22.0 Å². The summed E-state index contributed by atoms with van der Waals surface area (Å²) in [5, 5.41) is 4.34. The van der Waals surface area contributed by atoms with E-state index in [-0.39, 0.29) is 17.0 Å². The van der Waals surface area contributed by atoms with Crippen molar-refractivity contribution >= 4 is 22.7 Å². The minimum Gasteiger partial charge on any atom is -0.364 e. The average molecular weight is 270 g/mol. The molecule has 0 saturated heterocycles. The molecule has 0 bridgehead atoms. The molecule has 3 aromatic rings. The first-order valence-corrected chi connectivity index (χ1v) is 5.75. The van der Waals surface area contributed by atoms with Gasteiger partial charge in [0.1, 0.15) is 0 Å². The van der Waals surface area contributed by atoms with Gasteiger partial charge in [-0.15, -0.1) is 0 Å². The number of H-pyrrole nitrogens is 1. The highest BCUT2D eigenvalue weighted by molar-refractivity contribution is 6.09. The lowest BCUT2D eigenvalue weighted by molar-refractivity contribution is 0.0957. The standard InChI is InChI=1S/C13H10N4O3/c14-12(18)10-9(11(13(15)19)20-17-10)7-5-16-8-4-2-1-3-6(7)8/h1-5,16H,(H2,14,18)(H2,15,19). The van der Waals surface area contributed by atoms with Crippen LogP contribution in [0.1, 0.15) is 21.0 Å². The van der Waals surface area contributed by atoms with E-state index in [0.29, 0.717) is 5.56 Å². The van der Waals surface area contributed by atoms with E-state index >= 15 is 0 Å². The molecule has 5 N–H and O–H groups in total. The molecule has 0 spiro atoms. The van der Waals surface area contributed by atoms with E-state index in [0.717, 1.165) is 10.9 Å². The molecule has 2 amide bonds. The van der Waals surface area contributed by atoms with E-state index in [1.807, 2.05) is 24.3 Å². The Hall–Kier alpha value is -3.09. The van der Waals surface area contributed by atoms with Crippen molar-refractivity contribution in [2.24, 2.45) is 11.5 Å². The SMILES string of the molecule is NC(=O)c1noc(C(N)=O)c1-c1c[nH]c2ccccc12. The number of para-hydroxylation sites is 1. The summed E-state index contributed by atoms with van der Waals surface area (Å²) in [7, 11) is 0. The molecule has 2 heterocycles. The topological polar surface area (TPSA) is 128 Å². The highest BCUT2D eigenvalue weighted by Crippen LogP contribution is 2.33. The maximum atomic E-state index is 11.4. The Bertz CT molecular complexity index is 800. The van der Waals surface area contributed by atoms with Crippen LogP contribution in [0.2, 0.25) is 0 Å². The fourth-order valence-corrected chi connectivity index (χ4v) is 2.15. The number of rotatable bonds is 3. The summed E-state index contributed by atoms with van der Waals surface area (Å²) in [5.41, 5.74) is 12.0. The largest absolute Gasteiger partial charge is 0.364 e. The molecule has 0 aliphatic carbocycles. The van der Waals surface area contributed by atoms with Crippen molar-refractivity contribution < 1.29 is 14.1 Å². The first kappa shape index (κ1) is 12.0. The number of nitrogens with zero attached hydrogens (tertiary/aromatic N) is 1. The molecule has 3 rings (SSSR count). The molecule has 0 saturated carbocycles. The van der Waals surface area contributed by atoms with Gasteiger partial charge in [0, 0.05) is 22.7 Å². The normalized spacial score (nSPS) is 10.8. The molecule has 20 heavy (non-hydrogen) atoms. The monoisotopic (exact) mass is 270 g/mol. The fourth-order valence-electron chi connectivity index (χ4n) is 2.15. The number of carbonyl (C=O) groups excluding carboxylic acids is 2. The van der Waals surface area contributed by atoms with E-state index in [2.05, 4.69) is 10.1 Å². The third kappa shape index (κ3) is 1.64. The number of amides is 2. The van der Waals surface area contributed by atoms with Gasteiger partial charge < -0.3 is 21.0 Å². The predicted molar refractivity (Wildman–Crippen MR) is 70.8 cm³/mol. The quantitative estimate of drug-likeness (QED) is 0.656. The summed E-state index contributed by atoms with van der Waals surface area (Å²) in [6.07, 6.45) is 1.65. The van der Waals surface area contributed by atoms with Gasteiger partial charge in [-0.1, -0.05) is 23.4 Å². The lowest BCUT2D eigenvalue weighted by atomic mass is 10.0. The summed E-state index contributed by atoms with van der Waals surface area (Å²) < 4.78 is 4.85. The number of fused-ring (bicyclic) bond motifs is 1. The van der Waals surface area contributed by atoms with Crippen LogP contribution in [0.3, 0.4) is 0 Å². The van der Waals surface area contributed by atoms with Crippen LogP contribution in [0.25, 0.3) is 22.0 Å². The molecule has 0 atom stereocenters. The number of hydrogen-bond acceptors (Lipinski definition) is 4. The summed E-state index contributed by atoms with van der Waals surface area (Å²) in [5.74, 6) is -1.80. The van der Waals surface area contributed by atoms with Crippen molar-refractivity contribution in [1.82, 2.24) is 10.1 Å². The van der Waals surface area contributed by atoms with Crippen molar-refractivity contribution in [2.75, 3.05) is 0 Å². The van der Waals surface area contributed by atoms with E-state index < -0.39 is 11.8 Å². The molecule has 0 radical (unpaired) electrons. The Morgan fingerprint density at radius 1 is 1.15 bits per heavy atom. The summed E-state index contributed by atoms with van der Waals surface area (Å²) in [6, 6.07) is 7.39. The van der Waals surface area contributed by atoms with Crippen LogP contribution < -0.4 is 11.5 Å². The molecule has 7 heteroatoms. The van der Waals surface area contributed by atoms with Gasteiger partial charge in [-0.05, 0) is 6.07 Å². The number of hydrogen-bond donors (Lipinski definition) is 3. The Morgan fingerprint density at radius 2 is 1.90 bits per heavy atom. The second-order valence-corrected chi connectivity index (χ2v) is 4.21. The number of aromatic nitrogens is 2. The van der Waals surface area contributed by atoms with Gasteiger partial charge >= 0.3 is 0 Å². The zero-order valence-electron chi connectivity index (χ0n) is 10.2. The molecular formula is C13H10N4O3. The maximum absolute atomic E-state index is 11.4. The van der Waals surface area contributed by atoms with Gasteiger partial charge in [0.05, 0.1) is 5.56 Å². The molecule has 1 aromatic carbocycles. The Morgan fingerprint density at radius 3 is 2.60 bits per heavy atom. The Kier molecular flexibility index (Phi) is 2.53. The zero-order chi connectivity index (χ0) is 14.3. The van der Waals surface area contributed by atoms with Crippen LogP contribution >= 0.6 is 0 Å². The van der Waals surface area contributed by atoms with Crippen LogP contribution in [-0.2, 0) is 0 Å². The van der Waals surface area contributed by atoms with Gasteiger partial charge in [0.2, 0.25) is 5.76 Å². The van der Waals surface area contributed by atoms with Gasteiger partial charge in [0.15, 0.2) is 5.69 Å². The summed E-state index contributed by atoms with van der Waals surface area (Å²) in [6.45, 7) is 0. The molecule has 0 aliphatic heterocycles. The molecule has 7 nitrogen and oxygen atoms in total. The third-order valence-corrected chi connectivity index (χ3v) is 3.01. The van der Waals surface area contributed by atoms with E-state index in [9.17, 15) is 9.59 Å². The predicted octanol–water partition coefficient (Wildman–Crippen LogP) is 1.02. The van der Waals surface area contributed by atoms with Crippen LogP contribution in [0.15, 0.2) is 35.0 Å². The highest BCUT2D eigenvalue weighted by Gasteiger charge is 2.26. The summed E-state index contributed by atoms with van der Waals surface area (Å²) >= 11 is 0. The summed E-state index contributed by atoms with van der Waals surface area (Å²) in [4.78, 5) is 25.9. The van der Waals surface area contributed by atoms with Gasteiger partial charge in [-0.3, -0.25) is 9.59 Å². The van der Waals surface area contributed by atoms with Crippen molar-refractivity contribution in [3.8, 4) is 11.1 Å². The van der Waals surface area contributed by atoms with Crippen molar-refractivity contribution in [3.63, 3.8) is 0 Å². The molecule has 2 aromatic heterocycles. The number of primary amides is 2. The number of aromatic amines is 1. The van der Waals surface area contributed by atoms with Gasteiger partial charge in [-0.2, -0.15) is 0 Å². The maximum Gasteiger partial charge on any atom is 0.288 e. The third-order valence-electron chi connectivity index (χ3n) is 3.01. The molecule has 0 fully saturated rings. The van der Waals surface area contributed by atoms with Crippen LogP contribution in [0.5, 0.6) is 0 Å². The molecular weight excluding hydrogens is 260 g/mol. The van der Waals surface area contributed by atoms with E-state index in [1.54, 1.807) is 6.20 Å². The number of benzene rings is 1. The Labute approximate surface area is 112 Å². The highest BCUT2D eigenvalue weighted by atomic mass is 16.5. The second kappa shape index (κ2) is 4.23. The second-order valence-electron chi connectivity index (χ2n) is 4.21. The van der Waals surface area contributed by atoms with Crippen LogP contribution in [0, 0.1) is 0 Å². The first-order chi connectivity index (χ1) is 9.59. The van der Waals surface area contributed by atoms with Crippen molar-refractivity contribution in [3.05, 3.63) is 41.9 Å². The smallest absolute Gasteiger partial charge is 0.288 e. The lowest BCUT2D eigenvalue weighted by Crippen LogP contribution is -2.14. The van der Waals surface area contributed by atoms with Gasteiger partial charge in [-0.25, -0.2) is 0 Å². The van der Waals surface area contributed by atoms with E-state index in [4.69, 9.17) is 16.0 Å². The van der Waals surface area contributed by atoms with E-state index in [1.165, 1.54) is 0 Å². The minimum atomic E-state index is -0.815. The average Bonchev–Trinajstić information content (AvgIpc) is 3.01. The van der Waals surface area contributed by atoms with Crippen molar-refractivity contribution in [2.45, 2.75) is 0 Å². The lowest BCUT2D eigenvalue weighted by Gasteiger charge is -1.99. The van der Waals surface area contributed by atoms with Gasteiger partial charge in [0.25, 0.3) is 11.8 Å². The number of nitrogens with two attached hydrogens (primary N) is 2. The molecule has 100 valence electrons. The van der Waals surface area contributed by atoms with Crippen LogP contribution in [0.4, 0.5) is 0 Å². The number of nitrogens with one attached hydrogen (secondary N) is 1. The fraction of sp³-hybridized carbons (Fsp3) is 0. The minimum absolute atomic E-state index is 0.122. The van der Waals surface area contributed by atoms with Crippen molar-refractivity contribution in [1.29, 1.82) is 0 Å². The molecule has 0 aliphatic rings. The zero-order valence-corrected chi connectivity index (χ0v) is 10.2. The Balaban J connectivity index is 2.35. The molecule has 0 unspecified atom stereocenters.